The minimum atomic E-state index is -0.00421. The van der Waals surface area contributed by atoms with Crippen LogP contribution in [-0.4, -0.2) is 29.9 Å². The van der Waals surface area contributed by atoms with E-state index in [0.717, 1.165) is 43.5 Å². The number of hydrogen-bond acceptors (Lipinski definition) is 2. The molecule has 1 amide bonds. The van der Waals surface area contributed by atoms with Crippen molar-refractivity contribution in [1.82, 2.24) is 10.2 Å². The Labute approximate surface area is 173 Å². The van der Waals surface area contributed by atoms with Gasteiger partial charge in [-0.25, -0.2) is 0 Å². The molecule has 0 spiro atoms. The fraction of sp³-hybridized carbons (Fsp3) is 0.480. The van der Waals surface area contributed by atoms with Gasteiger partial charge in [0.05, 0.1) is 6.04 Å². The van der Waals surface area contributed by atoms with Gasteiger partial charge in [-0.1, -0.05) is 82.5 Å². The molecule has 2 aliphatic rings. The molecule has 1 fully saturated rings. The third-order valence-electron chi connectivity index (χ3n) is 5.49. The van der Waals surface area contributed by atoms with Gasteiger partial charge >= 0.3 is 0 Å². The quantitative estimate of drug-likeness (QED) is 0.677. The van der Waals surface area contributed by atoms with Crippen LogP contribution in [0.4, 0.5) is 0 Å². The third-order valence-corrected chi connectivity index (χ3v) is 5.49. The maximum Gasteiger partial charge on any atom is 0.237 e. The van der Waals surface area contributed by atoms with E-state index < -0.39 is 0 Å². The van der Waals surface area contributed by atoms with E-state index in [4.69, 9.17) is 0 Å². The van der Waals surface area contributed by atoms with Crippen molar-refractivity contribution >= 4 is 5.91 Å². The lowest BCUT2D eigenvalue weighted by atomic mass is 9.80. The van der Waals surface area contributed by atoms with Crippen LogP contribution in [0, 0.1) is 5.41 Å². The fourth-order valence-corrected chi connectivity index (χ4v) is 3.88. The second-order valence-corrected chi connectivity index (χ2v) is 7.96. The normalized spacial score (nSPS) is 23.9. The number of likely N-dealkylation sites (tertiary alicyclic amines) is 1. The molecule has 28 heavy (non-hydrogen) atoms. The zero-order chi connectivity index (χ0) is 18.6. The monoisotopic (exact) mass is 384 g/mol. The summed E-state index contributed by atoms with van der Waals surface area (Å²) in [5.41, 5.74) is 3.58. The van der Waals surface area contributed by atoms with Crippen LogP contribution in [0.25, 0.3) is 0 Å². The zero-order valence-electron chi connectivity index (χ0n) is 16.0. The predicted octanol–water partition coefficient (Wildman–Crippen LogP) is 5.75. The Morgan fingerprint density at radius 1 is 1.32 bits per heavy atom. The molecule has 1 heterocycles. The van der Waals surface area contributed by atoms with Crippen LogP contribution in [0.2, 0.25) is 0 Å². The lowest BCUT2D eigenvalue weighted by Crippen LogP contribution is -2.46. The van der Waals surface area contributed by atoms with Crippen LogP contribution in [-0.2, 0) is 11.3 Å². The second kappa shape index (κ2) is 10.4. The maximum atomic E-state index is 12.7. The summed E-state index contributed by atoms with van der Waals surface area (Å²) < 4.78 is 0. The minimum absolute atomic E-state index is 0. The van der Waals surface area contributed by atoms with Crippen molar-refractivity contribution in [2.45, 2.75) is 60.5 Å². The van der Waals surface area contributed by atoms with E-state index >= 15 is 0 Å². The van der Waals surface area contributed by atoms with Gasteiger partial charge in [0.25, 0.3) is 0 Å². The Bertz CT molecular complexity index is 726. The summed E-state index contributed by atoms with van der Waals surface area (Å²) in [6.45, 7) is 10.9. The Balaban J connectivity index is 0.00000261. The summed E-state index contributed by atoms with van der Waals surface area (Å²) >= 11 is 0. The van der Waals surface area contributed by atoms with Crippen LogP contribution >= 0.6 is 0 Å². The topological polar surface area (TPSA) is 32.3 Å². The number of benzene rings is 1. The molecule has 1 unspecified atom stereocenters. The van der Waals surface area contributed by atoms with Crippen LogP contribution in [0.15, 0.2) is 66.3 Å². The third kappa shape index (κ3) is 5.93. The molecule has 1 saturated heterocycles. The second-order valence-electron chi connectivity index (χ2n) is 7.96. The van der Waals surface area contributed by atoms with Gasteiger partial charge in [-0.15, -0.1) is 0 Å². The first-order chi connectivity index (χ1) is 12.5. The molecule has 3 heteroatoms. The van der Waals surface area contributed by atoms with Crippen LogP contribution < -0.4 is 5.32 Å². The molecule has 1 aromatic carbocycles. The van der Waals surface area contributed by atoms with Gasteiger partial charge in [0.1, 0.15) is 0 Å². The summed E-state index contributed by atoms with van der Waals surface area (Å²) in [4.78, 5) is 15.1. The van der Waals surface area contributed by atoms with E-state index in [0.29, 0.717) is 6.54 Å². The molecule has 0 saturated carbocycles. The molecule has 3 rings (SSSR count). The summed E-state index contributed by atoms with van der Waals surface area (Å²) in [5.74, 6) is 0.160. The summed E-state index contributed by atoms with van der Waals surface area (Å²) in [6.07, 6.45) is 9.81. The van der Waals surface area contributed by atoms with Gasteiger partial charge in [0, 0.05) is 19.9 Å². The average molecular weight is 385 g/mol. The number of allylic oxidation sites excluding steroid dienone is 4. The van der Waals surface area contributed by atoms with Gasteiger partial charge < -0.3 is 5.32 Å². The van der Waals surface area contributed by atoms with Crippen molar-refractivity contribution in [2.75, 3.05) is 13.1 Å². The number of rotatable bonds is 6. The molecule has 1 aliphatic carbocycles. The van der Waals surface area contributed by atoms with Gasteiger partial charge in [-0.05, 0) is 43.9 Å². The highest BCUT2D eigenvalue weighted by Gasteiger charge is 2.35. The number of carbonyl (C=O) groups is 1. The first-order valence-electron chi connectivity index (χ1n) is 9.58. The highest BCUT2D eigenvalue weighted by Crippen LogP contribution is 2.34. The molecule has 1 aliphatic heterocycles. The number of hydrogen-bond donors (Lipinski definition) is 1. The SMILES string of the molecule is C.C.C=C(C)C1=CCC(C)(CN2CCC[C@@H]2C(=O)NCc2ccccc2)C=C1.[HH]. The van der Waals surface area contributed by atoms with Crippen LogP contribution in [0.1, 0.15) is 55.0 Å². The first kappa shape index (κ1) is 23.9. The molecule has 0 bridgehead atoms. The summed E-state index contributed by atoms with van der Waals surface area (Å²) in [5, 5.41) is 3.12. The molecule has 2 atom stereocenters. The van der Waals surface area contributed by atoms with Crippen LogP contribution in [0.5, 0.6) is 0 Å². The molecule has 0 radical (unpaired) electrons. The lowest BCUT2D eigenvalue weighted by molar-refractivity contribution is -0.125. The van der Waals surface area contributed by atoms with Gasteiger partial charge in [0.15, 0.2) is 0 Å². The Hall–Kier alpha value is -2.13. The smallest absolute Gasteiger partial charge is 0.237 e. The van der Waals surface area contributed by atoms with E-state index in [1.54, 1.807) is 0 Å². The van der Waals surface area contributed by atoms with Crippen molar-refractivity contribution in [3.8, 4) is 0 Å². The van der Waals surface area contributed by atoms with E-state index in [1.807, 2.05) is 37.3 Å². The van der Waals surface area contributed by atoms with E-state index in [-0.39, 0.29) is 33.6 Å². The highest BCUT2D eigenvalue weighted by atomic mass is 16.2. The predicted molar refractivity (Wildman–Crippen MR) is 123 cm³/mol. The van der Waals surface area contributed by atoms with E-state index in [2.05, 4.69) is 41.9 Å². The average Bonchev–Trinajstić information content (AvgIpc) is 3.08. The van der Waals surface area contributed by atoms with Gasteiger partial charge in [-0.2, -0.15) is 0 Å². The molecule has 0 aromatic heterocycles. The molecule has 156 valence electrons. The largest absolute Gasteiger partial charge is 0.351 e. The molecular weight excluding hydrogens is 344 g/mol. The fourth-order valence-electron chi connectivity index (χ4n) is 3.88. The zero-order valence-corrected chi connectivity index (χ0v) is 16.0. The standard InChI is InChI=1S/C23H30N2O.2CH4.H2/c1-18(2)20-11-13-23(3,14-12-20)17-25-15-7-10-21(25)22(26)24-16-19-8-5-4-6-9-19;;;/h4-6,8-9,11-13,21H,1,7,10,14-17H2,2-3H3,(H,24,26);2*1H4;1H/t21-,23?;;;/m1.../s1. The molecule has 1 N–H and O–H groups in total. The van der Waals surface area contributed by atoms with Gasteiger partial charge in [0.2, 0.25) is 5.91 Å². The Morgan fingerprint density at radius 2 is 2.04 bits per heavy atom. The van der Waals surface area contributed by atoms with E-state index in [1.165, 1.54) is 5.57 Å². The van der Waals surface area contributed by atoms with E-state index in [9.17, 15) is 4.79 Å². The van der Waals surface area contributed by atoms with Crippen molar-refractivity contribution in [2.24, 2.45) is 5.41 Å². The number of nitrogens with one attached hydrogen (secondary N) is 1. The highest BCUT2D eigenvalue weighted by molar-refractivity contribution is 5.82. The number of carbonyl (C=O) groups excluding carboxylic acids is 1. The van der Waals surface area contributed by atoms with Crippen molar-refractivity contribution in [3.63, 3.8) is 0 Å². The molecular formula is C25H40N2O. The lowest BCUT2D eigenvalue weighted by Gasteiger charge is -2.35. The maximum absolute atomic E-state index is 12.7. The first-order valence-corrected chi connectivity index (χ1v) is 9.58. The van der Waals surface area contributed by atoms with Crippen LogP contribution in [0.3, 0.4) is 0 Å². The van der Waals surface area contributed by atoms with Crippen molar-refractivity contribution in [3.05, 3.63) is 71.8 Å². The van der Waals surface area contributed by atoms with Gasteiger partial charge in [-0.3, -0.25) is 9.69 Å². The summed E-state index contributed by atoms with van der Waals surface area (Å²) in [6, 6.07) is 10.1. The number of nitrogens with zero attached hydrogens (tertiary/aromatic N) is 1. The Morgan fingerprint density at radius 3 is 2.64 bits per heavy atom. The molecule has 1 aromatic rings. The van der Waals surface area contributed by atoms with Crippen molar-refractivity contribution < 1.29 is 6.22 Å². The molecule has 3 nitrogen and oxygen atoms in total. The minimum Gasteiger partial charge on any atom is -0.351 e. The van der Waals surface area contributed by atoms with Crippen molar-refractivity contribution in [1.29, 1.82) is 0 Å². The number of amides is 1. The Kier molecular flexibility index (Phi) is 8.90. The summed E-state index contributed by atoms with van der Waals surface area (Å²) in [7, 11) is 0.